The van der Waals surface area contributed by atoms with Crippen LogP contribution in [-0.2, 0) is 12.4 Å². The first kappa shape index (κ1) is 10.2. The highest BCUT2D eigenvalue weighted by Gasteiger charge is 2.00. The standard InChI is InChI=1S/C9H8BrClN2S/c10-7-1-9(14-5-7)4-13-3-8(2-11)12-6-13/h1,3,5-6H,2,4H2. The summed E-state index contributed by atoms with van der Waals surface area (Å²) in [5.74, 6) is 0.473. The van der Waals surface area contributed by atoms with E-state index in [1.54, 1.807) is 11.3 Å². The van der Waals surface area contributed by atoms with Gasteiger partial charge in [-0.25, -0.2) is 4.98 Å². The molecule has 2 aromatic heterocycles. The Morgan fingerprint density at radius 3 is 3.00 bits per heavy atom. The zero-order chi connectivity index (χ0) is 9.97. The highest BCUT2D eigenvalue weighted by atomic mass is 79.9. The predicted octanol–water partition coefficient (Wildman–Crippen LogP) is 3.49. The Bertz CT molecular complexity index is 424. The van der Waals surface area contributed by atoms with Crippen molar-refractivity contribution in [2.75, 3.05) is 0 Å². The van der Waals surface area contributed by atoms with E-state index >= 15 is 0 Å². The van der Waals surface area contributed by atoms with E-state index in [-0.39, 0.29) is 0 Å². The molecular formula is C9H8BrClN2S. The quantitative estimate of drug-likeness (QED) is 0.792. The highest BCUT2D eigenvalue weighted by Crippen LogP contribution is 2.20. The second-order valence-corrected chi connectivity index (χ2v) is 5.08. The van der Waals surface area contributed by atoms with Crippen LogP contribution in [0.2, 0.25) is 0 Å². The van der Waals surface area contributed by atoms with Crippen LogP contribution in [0.3, 0.4) is 0 Å². The number of alkyl halides is 1. The molecule has 0 saturated carbocycles. The first-order valence-corrected chi connectivity index (χ1v) is 6.28. The van der Waals surface area contributed by atoms with Gasteiger partial charge in [0, 0.05) is 20.9 Å². The van der Waals surface area contributed by atoms with Crippen molar-refractivity contribution < 1.29 is 0 Å². The summed E-state index contributed by atoms with van der Waals surface area (Å²) in [4.78, 5) is 5.46. The topological polar surface area (TPSA) is 17.8 Å². The molecule has 0 amide bonds. The van der Waals surface area contributed by atoms with Gasteiger partial charge in [0.05, 0.1) is 24.4 Å². The molecule has 0 atom stereocenters. The lowest BCUT2D eigenvalue weighted by molar-refractivity contribution is 0.809. The van der Waals surface area contributed by atoms with Gasteiger partial charge < -0.3 is 4.57 Å². The molecule has 0 aliphatic carbocycles. The number of hydrogen-bond acceptors (Lipinski definition) is 2. The van der Waals surface area contributed by atoms with Crippen LogP contribution in [-0.4, -0.2) is 9.55 Å². The summed E-state index contributed by atoms with van der Waals surface area (Å²) < 4.78 is 3.17. The van der Waals surface area contributed by atoms with E-state index in [1.807, 2.05) is 17.1 Å². The van der Waals surface area contributed by atoms with Crippen molar-refractivity contribution in [2.45, 2.75) is 12.4 Å². The van der Waals surface area contributed by atoms with Crippen molar-refractivity contribution in [1.29, 1.82) is 0 Å². The van der Waals surface area contributed by atoms with Crippen LogP contribution in [0.4, 0.5) is 0 Å². The zero-order valence-electron chi connectivity index (χ0n) is 7.28. The van der Waals surface area contributed by atoms with Crippen molar-refractivity contribution in [1.82, 2.24) is 9.55 Å². The summed E-state index contributed by atoms with van der Waals surface area (Å²) in [7, 11) is 0. The Morgan fingerprint density at radius 2 is 2.43 bits per heavy atom. The Morgan fingerprint density at radius 1 is 1.57 bits per heavy atom. The predicted molar refractivity (Wildman–Crippen MR) is 62.9 cm³/mol. The second-order valence-electron chi connectivity index (χ2n) is 2.90. The summed E-state index contributed by atoms with van der Waals surface area (Å²) in [6.07, 6.45) is 3.78. The molecule has 2 rings (SSSR count). The number of nitrogens with zero attached hydrogens (tertiary/aromatic N) is 2. The Hall–Kier alpha value is -0.320. The second kappa shape index (κ2) is 4.47. The van der Waals surface area contributed by atoms with Crippen LogP contribution in [0.1, 0.15) is 10.6 Å². The molecule has 2 aromatic rings. The lowest BCUT2D eigenvalue weighted by atomic mass is 10.4. The van der Waals surface area contributed by atoms with Gasteiger partial charge in [-0.1, -0.05) is 0 Å². The van der Waals surface area contributed by atoms with E-state index in [4.69, 9.17) is 11.6 Å². The van der Waals surface area contributed by atoms with Gasteiger partial charge >= 0.3 is 0 Å². The van der Waals surface area contributed by atoms with Gasteiger partial charge in [-0.2, -0.15) is 0 Å². The van der Waals surface area contributed by atoms with Gasteiger partial charge in [0.1, 0.15) is 0 Å². The van der Waals surface area contributed by atoms with Gasteiger partial charge in [0.25, 0.3) is 0 Å². The van der Waals surface area contributed by atoms with Gasteiger partial charge in [0.15, 0.2) is 0 Å². The normalized spacial score (nSPS) is 10.7. The summed E-state index contributed by atoms with van der Waals surface area (Å²) in [6, 6.07) is 2.12. The average Bonchev–Trinajstić information content (AvgIpc) is 2.76. The number of aromatic nitrogens is 2. The van der Waals surface area contributed by atoms with Crippen LogP contribution in [0.25, 0.3) is 0 Å². The number of imidazole rings is 1. The third kappa shape index (κ3) is 2.38. The van der Waals surface area contributed by atoms with Crippen molar-refractivity contribution in [3.05, 3.63) is 39.0 Å². The van der Waals surface area contributed by atoms with Gasteiger partial charge in [0.2, 0.25) is 0 Å². The van der Waals surface area contributed by atoms with Gasteiger partial charge in [-0.3, -0.25) is 0 Å². The van der Waals surface area contributed by atoms with E-state index in [0.29, 0.717) is 5.88 Å². The molecule has 0 fully saturated rings. The van der Waals surface area contributed by atoms with Crippen molar-refractivity contribution in [3.63, 3.8) is 0 Å². The van der Waals surface area contributed by atoms with Crippen LogP contribution in [0.15, 0.2) is 28.4 Å². The monoisotopic (exact) mass is 290 g/mol. The lowest BCUT2D eigenvalue weighted by Gasteiger charge is -1.96. The van der Waals surface area contributed by atoms with Crippen molar-refractivity contribution in [3.8, 4) is 0 Å². The lowest BCUT2D eigenvalue weighted by Crippen LogP contribution is -1.93. The maximum absolute atomic E-state index is 5.67. The summed E-state index contributed by atoms with van der Waals surface area (Å²) in [5.41, 5.74) is 0.919. The SMILES string of the molecule is ClCc1cn(Cc2cc(Br)cs2)cn1. The smallest absolute Gasteiger partial charge is 0.0953 e. The molecule has 0 aliphatic rings. The van der Waals surface area contributed by atoms with Crippen LogP contribution in [0, 0.1) is 0 Å². The molecule has 0 N–H and O–H groups in total. The molecule has 14 heavy (non-hydrogen) atoms. The molecule has 0 aromatic carbocycles. The van der Waals surface area contributed by atoms with Crippen molar-refractivity contribution >= 4 is 38.9 Å². The minimum absolute atomic E-state index is 0.473. The number of thiophene rings is 1. The molecular weight excluding hydrogens is 284 g/mol. The maximum Gasteiger partial charge on any atom is 0.0953 e. The Balaban J connectivity index is 2.10. The molecule has 0 unspecified atom stereocenters. The molecule has 0 saturated heterocycles. The van der Waals surface area contributed by atoms with Crippen LogP contribution < -0.4 is 0 Å². The summed E-state index contributed by atoms with van der Waals surface area (Å²) in [5, 5.41) is 2.08. The molecule has 74 valence electrons. The number of halogens is 2. The largest absolute Gasteiger partial charge is 0.332 e. The first-order chi connectivity index (χ1) is 6.78. The fraction of sp³-hybridized carbons (Fsp3) is 0.222. The number of hydrogen-bond donors (Lipinski definition) is 0. The average molecular weight is 292 g/mol. The molecule has 2 nitrogen and oxygen atoms in total. The molecule has 5 heteroatoms. The van der Waals surface area contributed by atoms with E-state index in [9.17, 15) is 0 Å². The molecule has 2 heterocycles. The maximum atomic E-state index is 5.67. The molecule has 0 spiro atoms. The Kier molecular flexibility index (Phi) is 3.26. The van der Waals surface area contributed by atoms with Crippen LogP contribution >= 0.6 is 38.9 Å². The molecule has 0 bridgehead atoms. The van der Waals surface area contributed by atoms with E-state index in [2.05, 4.69) is 32.4 Å². The minimum atomic E-state index is 0.473. The zero-order valence-corrected chi connectivity index (χ0v) is 10.4. The van der Waals surface area contributed by atoms with Gasteiger partial charge in [-0.05, 0) is 22.0 Å². The van der Waals surface area contributed by atoms with E-state index < -0.39 is 0 Å². The van der Waals surface area contributed by atoms with Crippen molar-refractivity contribution in [2.24, 2.45) is 0 Å². The Labute approximate surface area is 99.7 Å². The summed E-state index contributed by atoms with van der Waals surface area (Å²) in [6.45, 7) is 0.861. The third-order valence-corrected chi connectivity index (χ3v) is 3.74. The van der Waals surface area contributed by atoms with E-state index in [1.165, 1.54) is 4.88 Å². The third-order valence-electron chi connectivity index (χ3n) is 1.78. The fourth-order valence-electron chi connectivity index (χ4n) is 1.18. The molecule has 0 aliphatic heterocycles. The number of rotatable bonds is 3. The van der Waals surface area contributed by atoms with Gasteiger partial charge in [-0.15, -0.1) is 22.9 Å². The summed E-state index contributed by atoms with van der Waals surface area (Å²) >= 11 is 10.8. The molecule has 0 radical (unpaired) electrons. The fourth-order valence-corrected chi connectivity index (χ4v) is 2.78. The highest BCUT2D eigenvalue weighted by molar-refractivity contribution is 9.10. The minimum Gasteiger partial charge on any atom is -0.332 e. The van der Waals surface area contributed by atoms with E-state index in [0.717, 1.165) is 16.7 Å². The van der Waals surface area contributed by atoms with Crippen LogP contribution in [0.5, 0.6) is 0 Å². The first-order valence-electron chi connectivity index (χ1n) is 4.07.